The Bertz CT molecular complexity index is 607. The molecular weight excluding hydrogens is 254 g/mol. The third-order valence-electron chi connectivity index (χ3n) is 2.62. The molecule has 0 atom stereocenters. The van der Waals surface area contributed by atoms with Gasteiger partial charge in [-0.25, -0.2) is 0 Å². The number of amides is 1. The van der Waals surface area contributed by atoms with Crippen molar-refractivity contribution >= 4 is 29.1 Å². The van der Waals surface area contributed by atoms with Gasteiger partial charge >= 0.3 is 0 Å². The molecule has 5 nitrogen and oxygen atoms in total. The van der Waals surface area contributed by atoms with Crippen LogP contribution in [0.25, 0.3) is 0 Å². The molecule has 18 heavy (non-hydrogen) atoms. The number of nitrogens with one attached hydrogen (secondary N) is 1. The first-order valence-corrected chi connectivity index (χ1v) is 5.66. The molecule has 0 unspecified atom stereocenters. The second-order valence-corrected chi connectivity index (χ2v) is 4.32. The van der Waals surface area contributed by atoms with Crippen LogP contribution in [0.2, 0.25) is 5.02 Å². The Morgan fingerprint density at radius 2 is 2.17 bits per heavy atom. The first-order valence-electron chi connectivity index (χ1n) is 5.28. The van der Waals surface area contributed by atoms with E-state index in [9.17, 15) is 4.79 Å². The summed E-state index contributed by atoms with van der Waals surface area (Å²) >= 11 is 5.95. The SMILES string of the molecule is Cc1noc(NC(=O)c2ccc(N)cc2Cl)c1C. The maximum atomic E-state index is 12.0. The number of carbonyl (C=O) groups excluding carboxylic acids is 1. The molecule has 0 aliphatic rings. The smallest absolute Gasteiger partial charge is 0.259 e. The predicted molar refractivity (Wildman–Crippen MR) is 69.8 cm³/mol. The van der Waals surface area contributed by atoms with Gasteiger partial charge in [0.1, 0.15) is 0 Å². The quantitative estimate of drug-likeness (QED) is 0.818. The summed E-state index contributed by atoms with van der Waals surface area (Å²) in [4.78, 5) is 12.0. The number of benzene rings is 1. The first-order chi connectivity index (χ1) is 8.49. The number of carbonyl (C=O) groups is 1. The lowest BCUT2D eigenvalue weighted by Crippen LogP contribution is -2.12. The topological polar surface area (TPSA) is 81.2 Å². The van der Waals surface area contributed by atoms with Crippen molar-refractivity contribution in [2.24, 2.45) is 0 Å². The zero-order valence-corrected chi connectivity index (χ0v) is 10.7. The Morgan fingerprint density at radius 1 is 1.44 bits per heavy atom. The molecular formula is C12H12ClN3O2. The van der Waals surface area contributed by atoms with E-state index in [1.165, 1.54) is 6.07 Å². The number of hydrogen-bond donors (Lipinski definition) is 2. The van der Waals surface area contributed by atoms with Gasteiger partial charge in [0, 0.05) is 11.3 Å². The third-order valence-corrected chi connectivity index (χ3v) is 2.93. The van der Waals surface area contributed by atoms with Crippen molar-refractivity contribution in [3.63, 3.8) is 0 Å². The largest absolute Gasteiger partial charge is 0.399 e. The molecule has 0 radical (unpaired) electrons. The standard InChI is InChI=1S/C12H12ClN3O2/c1-6-7(2)16-18-12(6)15-11(17)9-4-3-8(14)5-10(9)13/h3-5H,14H2,1-2H3,(H,15,17). The number of nitrogen functional groups attached to an aromatic ring is 1. The number of nitrogens with zero attached hydrogens (tertiary/aromatic N) is 1. The highest BCUT2D eigenvalue weighted by Gasteiger charge is 2.15. The molecule has 1 heterocycles. The Kier molecular flexibility index (Phi) is 3.25. The summed E-state index contributed by atoms with van der Waals surface area (Å²) in [5.74, 6) is -0.0374. The van der Waals surface area contributed by atoms with E-state index in [0.717, 1.165) is 11.3 Å². The van der Waals surface area contributed by atoms with Crippen LogP contribution in [0.4, 0.5) is 11.6 Å². The summed E-state index contributed by atoms with van der Waals surface area (Å²) in [6, 6.07) is 4.69. The van der Waals surface area contributed by atoms with Gasteiger partial charge in [-0.3, -0.25) is 10.1 Å². The molecule has 0 bridgehead atoms. The minimum Gasteiger partial charge on any atom is -0.399 e. The van der Waals surface area contributed by atoms with Gasteiger partial charge in [-0.1, -0.05) is 16.8 Å². The number of anilines is 2. The van der Waals surface area contributed by atoms with Crippen LogP contribution in [0.15, 0.2) is 22.7 Å². The van der Waals surface area contributed by atoms with Crippen LogP contribution in [0.3, 0.4) is 0 Å². The fraction of sp³-hybridized carbons (Fsp3) is 0.167. The lowest BCUT2D eigenvalue weighted by Gasteiger charge is -2.05. The summed E-state index contributed by atoms with van der Waals surface area (Å²) < 4.78 is 5.00. The molecule has 6 heteroatoms. The maximum absolute atomic E-state index is 12.0. The molecule has 1 amide bonds. The van der Waals surface area contributed by atoms with Gasteiger partial charge in [-0.15, -0.1) is 0 Å². The fourth-order valence-corrected chi connectivity index (χ4v) is 1.69. The zero-order chi connectivity index (χ0) is 13.3. The second-order valence-electron chi connectivity index (χ2n) is 3.92. The Hall–Kier alpha value is -2.01. The summed E-state index contributed by atoms with van der Waals surface area (Å²) in [5, 5.41) is 6.66. The van der Waals surface area contributed by atoms with Crippen molar-refractivity contribution in [3.05, 3.63) is 40.0 Å². The van der Waals surface area contributed by atoms with Crippen LogP contribution < -0.4 is 11.1 Å². The summed E-state index contributed by atoms with van der Waals surface area (Å²) in [6.45, 7) is 3.61. The highest BCUT2D eigenvalue weighted by molar-refractivity contribution is 6.34. The van der Waals surface area contributed by atoms with Gasteiger partial charge in [0.15, 0.2) is 0 Å². The van der Waals surface area contributed by atoms with Gasteiger partial charge in [-0.2, -0.15) is 0 Å². The number of hydrogen-bond acceptors (Lipinski definition) is 4. The lowest BCUT2D eigenvalue weighted by molar-refractivity contribution is 0.102. The summed E-state index contributed by atoms with van der Waals surface area (Å²) in [6.07, 6.45) is 0. The summed E-state index contributed by atoms with van der Waals surface area (Å²) in [5.41, 5.74) is 7.92. The predicted octanol–water partition coefficient (Wildman–Crippen LogP) is 2.78. The monoisotopic (exact) mass is 265 g/mol. The first kappa shape index (κ1) is 12.4. The third kappa shape index (κ3) is 2.31. The normalized spacial score (nSPS) is 10.4. The lowest BCUT2D eigenvalue weighted by atomic mass is 10.2. The molecule has 0 spiro atoms. The van der Waals surface area contributed by atoms with E-state index in [4.69, 9.17) is 21.9 Å². The van der Waals surface area contributed by atoms with Gasteiger partial charge in [-0.05, 0) is 32.0 Å². The van der Waals surface area contributed by atoms with Crippen molar-refractivity contribution in [2.45, 2.75) is 13.8 Å². The molecule has 0 aliphatic heterocycles. The van der Waals surface area contributed by atoms with E-state index in [-0.39, 0.29) is 5.91 Å². The van der Waals surface area contributed by atoms with Crippen LogP contribution in [-0.2, 0) is 0 Å². The Morgan fingerprint density at radius 3 is 2.72 bits per heavy atom. The minimum atomic E-state index is -0.362. The Balaban J connectivity index is 2.25. The molecule has 94 valence electrons. The highest BCUT2D eigenvalue weighted by Crippen LogP contribution is 2.22. The fourth-order valence-electron chi connectivity index (χ4n) is 1.42. The molecule has 0 saturated carbocycles. The molecule has 1 aromatic heterocycles. The molecule has 1 aromatic carbocycles. The molecule has 0 aliphatic carbocycles. The maximum Gasteiger partial charge on any atom is 0.259 e. The van der Waals surface area contributed by atoms with Crippen LogP contribution in [0.1, 0.15) is 21.6 Å². The van der Waals surface area contributed by atoms with Gasteiger partial charge in [0.25, 0.3) is 5.91 Å². The number of halogens is 1. The molecule has 2 rings (SSSR count). The second kappa shape index (κ2) is 4.70. The summed E-state index contributed by atoms with van der Waals surface area (Å²) in [7, 11) is 0. The average Bonchev–Trinajstić information content (AvgIpc) is 2.61. The molecule has 2 aromatic rings. The van der Waals surface area contributed by atoms with E-state index in [0.29, 0.717) is 22.2 Å². The van der Waals surface area contributed by atoms with Crippen molar-refractivity contribution in [2.75, 3.05) is 11.1 Å². The molecule has 3 N–H and O–H groups in total. The average molecular weight is 266 g/mol. The van der Waals surface area contributed by atoms with Crippen LogP contribution in [-0.4, -0.2) is 11.1 Å². The zero-order valence-electron chi connectivity index (χ0n) is 9.95. The van der Waals surface area contributed by atoms with Crippen LogP contribution in [0.5, 0.6) is 0 Å². The number of rotatable bonds is 2. The van der Waals surface area contributed by atoms with E-state index >= 15 is 0 Å². The van der Waals surface area contributed by atoms with Gasteiger partial charge in [0.05, 0.1) is 16.3 Å². The van der Waals surface area contributed by atoms with E-state index in [1.54, 1.807) is 19.1 Å². The van der Waals surface area contributed by atoms with E-state index in [1.807, 2.05) is 6.92 Å². The van der Waals surface area contributed by atoms with E-state index in [2.05, 4.69) is 10.5 Å². The van der Waals surface area contributed by atoms with Crippen molar-refractivity contribution in [1.82, 2.24) is 5.16 Å². The van der Waals surface area contributed by atoms with Crippen LogP contribution >= 0.6 is 11.6 Å². The van der Waals surface area contributed by atoms with Gasteiger partial charge < -0.3 is 10.3 Å². The molecule has 0 saturated heterocycles. The van der Waals surface area contributed by atoms with Crippen molar-refractivity contribution in [1.29, 1.82) is 0 Å². The number of aromatic nitrogens is 1. The van der Waals surface area contributed by atoms with Crippen molar-refractivity contribution < 1.29 is 9.32 Å². The Labute approximate surface area is 109 Å². The van der Waals surface area contributed by atoms with Crippen molar-refractivity contribution in [3.8, 4) is 0 Å². The van der Waals surface area contributed by atoms with Crippen LogP contribution in [0, 0.1) is 13.8 Å². The van der Waals surface area contributed by atoms with Gasteiger partial charge in [0.2, 0.25) is 5.88 Å². The number of nitrogens with two attached hydrogens (primary N) is 1. The molecule has 0 fully saturated rings. The van der Waals surface area contributed by atoms with E-state index < -0.39 is 0 Å². The minimum absolute atomic E-state index is 0.293. The number of aryl methyl sites for hydroxylation is 1. The highest BCUT2D eigenvalue weighted by atomic mass is 35.5.